The highest BCUT2D eigenvalue weighted by atomic mass is 32.2. The molecular formula is C104H130F4N18O16S4. The van der Waals surface area contributed by atoms with E-state index in [9.17, 15) is 70.4 Å². The molecule has 12 heterocycles. The van der Waals surface area contributed by atoms with E-state index in [2.05, 4.69) is 149 Å². The van der Waals surface area contributed by atoms with Gasteiger partial charge in [0.2, 0.25) is 15.9 Å². The molecule has 0 spiro atoms. The number of rotatable bonds is 29. The van der Waals surface area contributed by atoms with E-state index in [4.69, 9.17) is 40.6 Å². The number of aromatic nitrogens is 7. The van der Waals surface area contributed by atoms with E-state index in [1.54, 1.807) is 67.8 Å². The van der Waals surface area contributed by atoms with Gasteiger partial charge in [-0.15, -0.1) is 0 Å². The minimum absolute atomic E-state index is 0.0494. The summed E-state index contributed by atoms with van der Waals surface area (Å²) in [5, 5.41) is 0.595. The van der Waals surface area contributed by atoms with Crippen LogP contribution in [-0.4, -0.2) is 178 Å². The number of carbonyl (C=O) groups excluding carboxylic acids is 4. The lowest BCUT2D eigenvalue weighted by molar-refractivity contribution is -0.137. The quantitative estimate of drug-likeness (QED) is 0.0169. The molecule has 5 aliphatic heterocycles. The molecule has 10 aromatic rings. The molecule has 0 radical (unpaired) electrons. The van der Waals surface area contributed by atoms with Crippen molar-refractivity contribution in [1.29, 1.82) is 0 Å². The molecule has 784 valence electrons. The number of hydrogen-bond donors (Lipinski definition) is 7. The molecule has 34 nitrogen and oxygen atoms in total. The summed E-state index contributed by atoms with van der Waals surface area (Å²) in [6.07, 6.45) is 6.15. The third-order valence-electron chi connectivity index (χ3n) is 26.2. The second-order valence-electron chi connectivity index (χ2n) is 42.2. The zero-order chi connectivity index (χ0) is 106. The third-order valence-corrected chi connectivity index (χ3v) is 31.6. The molecular weight excluding hydrogens is 1960 g/mol. The number of pyridine rings is 7. The number of nitrogens with one attached hydrogen (secondary N) is 5. The van der Waals surface area contributed by atoms with Crippen LogP contribution >= 0.6 is 0 Å². The zero-order valence-electron chi connectivity index (χ0n) is 85.0. The molecule has 5 saturated heterocycles. The lowest BCUT2D eigenvalue weighted by atomic mass is 9.81. The number of halogens is 4. The average Bonchev–Trinajstić information content (AvgIpc) is 1.77. The van der Waals surface area contributed by atoms with Crippen molar-refractivity contribution >= 4 is 104 Å². The summed E-state index contributed by atoms with van der Waals surface area (Å²) in [6.45, 7) is 40.1. The fourth-order valence-electron chi connectivity index (χ4n) is 19.7. The van der Waals surface area contributed by atoms with Crippen LogP contribution in [0.25, 0.3) is 22.4 Å². The number of nitrogens with two attached hydrogens (primary N) is 2. The van der Waals surface area contributed by atoms with Gasteiger partial charge in [-0.25, -0.2) is 67.5 Å². The first-order valence-electron chi connectivity index (χ1n) is 48.4. The number of benzene rings is 3. The highest BCUT2D eigenvalue weighted by molar-refractivity contribution is 7.91. The van der Waals surface area contributed by atoms with Crippen LogP contribution in [0.1, 0.15) is 215 Å². The Hall–Kier alpha value is -12.6. The minimum atomic E-state index is -4.62. The van der Waals surface area contributed by atoms with Crippen LogP contribution in [0, 0.1) is 47.2 Å². The third kappa shape index (κ3) is 27.2. The second kappa shape index (κ2) is 44.6. The largest absolute Gasteiger partial charge is 0.493 e. The van der Waals surface area contributed by atoms with Crippen LogP contribution < -0.4 is 64.9 Å². The number of nitrogen functional groups attached to an aromatic ring is 1. The van der Waals surface area contributed by atoms with E-state index in [1.165, 1.54) is 90.6 Å². The monoisotopic (exact) mass is 2090 g/mol. The molecule has 1 saturated carbocycles. The molecule has 146 heavy (non-hydrogen) atoms. The zero-order valence-corrected chi connectivity index (χ0v) is 88.3. The smallest absolute Gasteiger partial charge is 0.418 e. The molecule has 16 rings (SSSR count). The molecule has 0 bridgehead atoms. The van der Waals surface area contributed by atoms with Crippen molar-refractivity contribution in [3.05, 3.63) is 222 Å². The Kier molecular flexibility index (Phi) is 33.8. The molecule has 3 aromatic carbocycles. The second-order valence-corrected chi connectivity index (χ2v) is 49.0. The van der Waals surface area contributed by atoms with Crippen LogP contribution in [0.3, 0.4) is 0 Å². The van der Waals surface area contributed by atoms with Crippen molar-refractivity contribution in [3.8, 4) is 34.0 Å². The van der Waals surface area contributed by atoms with Crippen LogP contribution in [0.5, 0.6) is 11.6 Å². The molecule has 1 aliphatic carbocycles. The van der Waals surface area contributed by atoms with Crippen molar-refractivity contribution in [3.63, 3.8) is 0 Å². The van der Waals surface area contributed by atoms with Gasteiger partial charge in [0.25, 0.3) is 53.7 Å². The Bertz CT molecular complexity index is 6920. The number of anilines is 7. The number of amides is 4. The predicted octanol–water partition coefficient (Wildman–Crippen LogP) is 16.7. The highest BCUT2D eigenvalue weighted by Gasteiger charge is 2.50. The van der Waals surface area contributed by atoms with Crippen LogP contribution in [-0.2, 0) is 62.3 Å². The number of nitrogens with zero attached hydrogens (tertiary/aromatic N) is 11. The number of ether oxygens (including phenoxy) is 3. The van der Waals surface area contributed by atoms with Crippen molar-refractivity contribution in [1.82, 2.24) is 53.8 Å². The Morgan fingerprint density at radius 3 is 1.47 bits per heavy atom. The maximum absolute atomic E-state index is 14.5. The summed E-state index contributed by atoms with van der Waals surface area (Å²) in [6, 6.07) is 40.9. The molecule has 7 aromatic heterocycles. The molecule has 4 amide bonds. The van der Waals surface area contributed by atoms with E-state index in [0.29, 0.717) is 116 Å². The van der Waals surface area contributed by atoms with Gasteiger partial charge in [0.05, 0.1) is 69.9 Å². The normalized spacial score (nSPS) is 20.4. The van der Waals surface area contributed by atoms with E-state index in [1.807, 2.05) is 54.3 Å². The van der Waals surface area contributed by atoms with Crippen LogP contribution in [0.15, 0.2) is 197 Å². The van der Waals surface area contributed by atoms with Gasteiger partial charge in [-0.3, -0.25) is 24.0 Å². The summed E-state index contributed by atoms with van der Waals surface area (Å²) in [5.41, 5.74) is 7.09. The van der Waals surface area contributed by atoms with Gasteiger partial charge in [0.1, 0.15) is 46.5 Å². The lowest BCUT2D eigenvalue weighted by Crippen LogP contribution is -2.55. The van der Waals surface area contributed by atoms with Gasteiger partial charge in [0.15, 0.2) is 15.1 Å². The number of para-hydroxylation sites is 1. The first-order chi connectivity index (χ1) is 68.4. The average molecular weight is 2090 g/mol. The van der Waals surface area contributed by atoms with Crippen molar-refractivity contribution in [2.45, 2.75) is 223 Å². The maximum Gasteiger partial charge on any atom is 0.418 e. The molecule has 42 heteroatoms. The van der Waals surface area contributed by atoms with Crippen molar-refractivity contribution < 1.29 is 89.5 Å². The Labute approximate surface area is 851 Å². The Balaban J connectivity index is 0.000000163. The topological polar surface area (TPSA) is 457 Å². The van der Waals surface area contributed by atoms with Gasteiger partial charge in [-0.2, -0.15) is 43.4 Å². The molecule has 9 N–H and O–H groups in total. The van der Waals surface area contributed by atoms with Crippen molar-refractivity contribution in [2.24, 2.45) is 47.3 Å². The van der Waals surface area contributed by atoms with Gasteiger partial charge in [-0.1, -0.05) is 110 Å². The van der Waals surface area contributed by atoms with E-state index >= 15 is 0 Å². The SMILES string of the molecule is CC(C)COc1cc(F)cc(-c2ccc(C(=O)NS(=O)(=O)C3CC(C)(ON)C3)c(N3C[C@@H](C)CC3(C)C)n2)c1.CC(C)Cc1ccc(-c2cnc(N3CC(C)CC3(C)C)c(C(=O)NS(=O)(=O)c3cccc(N)n3)c2)cc1.CC1CN(c2ncccc2C(=O)NS(=O)(=O)c2cccc(Nc3ccccc3C(F)(F)F)n2)C(C)(C)C1.CC1CN(c2ncccc2C(=O)NS(=O)(=O)c2cccc(OCC3CCOC3)n2)C(C)(C)C1. The summed E-state index contributed by atoms with van der Waals surface area (Å²) in [4.78, 5) is 96.4. The van der Waals surface area contributed by atoms with Gasteiger partial charge in [0, 0.05) is 103 Å². The Morgan fingerprint density at radius 2 is 0.979 bits per heavy atom. The van der Waals surface area contributed by atoms with Gasteiger partial charge < -0.3 is 44.9 Å². The number of sulfonamides is 4. The predicted molar refractivity (Wildman–Crippen MR) is 551 cm³/mol. The molecule has 5 atom stereocenters. The number of alkyl halides is 3. The highest BCUT2D eigenvalue weighted by Crippen LogP contribution is 2.46. The fraction of sp³-hybridized carbons (Fsp3) is 0.452. The van der Waals surface area contributed by atoms with Crippen molar-refractivity contribution in [2.75, 3.05) is 83.3 Å². The van der Waals surface area contributed by atoms with E-state index < -0.39 is 97.2 Å². The van der Waals surface area contributed by atoms with Crippen LogP contribution in [0.2, 0.25) is 0 Å². The van der Waals surface area contributed by atoms with E-state index in [0.717, 1.165) is 68.3 Å². The van der Waals surface area contributed by atoms with Crippen LogP contribution in [0.4, 0.5) is 58.2 Å². The standard InChI is InChI=1S/C28H39FN4O5S.C28H35N5O3S.C25H26F3N5O3S.C23H30N4O5S/c1-17(2)16-37-21-10-19(9-20(29)11-21)24-8-7-23(25(31-24)33-15-18(3)12-27(33,4)5)26(34)32-39(35,36)22-13-28(6,14-22)38-30;1-18(2)13-20-9-11-21(12-10-20)22-14-23(26(30-16-22)33-17-19(3)15-28(33,4)5)27(34)32-37(35,36)25-8-6-7-24(29)31-25;1-16-14-24(2,3)33(15-16)22-17(8-7-13-29-22)23(34)32-37(35,36)21-12-6-11-20(31-21)30-19-10-5-4-9-18(19)25(26,27)28;1-16-12-23(2,3)27(13-16)21-18(6-5-10-24-21)22(28)26-33(29,30)20-8-4-7-19(25-20)32-15-17-9-11-31-14-17/h7-11,17-18,22H,12-16,30H2,1-6H3,(H,32,34);6-12,14,16,18-19H,13,15,17H2,1-5H3,(H2,29,31)(H,32,34);4-13,16H,14-15H2,1-3H3,(H,30,31)(H,32,34);4-8,10,16-17H,9,11-15H2,1-3H3,(H,26,28)/t18-,22?,28?;;;/m0.../s1. The lowest BCUT2D eigenvalue weighted by Gasteiger charge is -2.42. The van der Waals surface area contributed by atoms with E-state index in [-0.39, 0.29) is 102 Å². The van der Waals surface area contributed by atoms with Gasteiger partial charge in [-0.05, 0) is 257 Å². The summed E-state index contributed by atoms with van der Waals surface area (Å²) >= 11 is 0. The summed E-state index contributed by atoms with van der Waals surface area (Å²) < 4.78 is 184. The molecule has 6 fully saturated rings. The first-order valence-corrected chi connectivity index (χ1v) is 54.4. The fourth-order valence-corrected chi connectivity index (χ4v) is 24.2. The molecule has 4 unspecified atom stereocenters. The number of hydrogen-bond acceptors (Lipinski definition) is 30. The Morgan fingerprint density at radius 1 is 0.493 bits per heavy atom. The molecule has 6 aliphatic rings. The maximum atomic E-state index is 14.5. The minimum Gasteiger partial charge on any atom is -0.493 e. The summed E-state index contributed by atoms with van der Waals surface area (Å²) in [5.74, 6) is 6.40. The summed E-state index contributed by atoms with van der Waals surface area (Å²) in [7, 11) is -16.9. The van der Waals surface area contributed by atoms with Gasteiger partial charge >= 0.3 is 6.18 Å². The number of carbonyl (C=O) groups is 4. The first kappa shape index (κ1) is 111.